The zero-order valence-corrected chi connectivity index (χ0v) is 12.6. The van der Waals surface area contributed by atoms with Gasteiger partial charge >= 0.3 is 0 Å². The van der Waals surface area contributed by atoms with Crippen LogP contribution in [0.1, 0.15) is 57.0 Å². The Labute approximate surface area is 122 Å². The summed E-state index contributed by atoms with van der Waals surface area (Å²) in [6, 6.07) is 4.55. The summed E-state index contributed by atoms with van der Waals surface area (Å²) in [5, 5.41) is 0. The van der Waals surface area contributed by atoms with Crippen molar-refractivity contribution in [2.24, 2.45) is 28.9 Å². The molecule has 1 atom stereocenters. The number of hydrogen-bond donors (Lipinski definition) is 1. The normalized spacial score (nSPS) is 40.2. The lowest BCUT2D eigenvalue weighted by atomic mass is 9.47. The van der Waals surface area contributed by atoms with Gasteiger partial charge in [0, 0.05) is 18.9 Å². The minimum atomic E-state index is 0.298. The van der Waals surface area contributed by atoms with Crippen molar-refractivity contribution in [2.45, 2.75) is 64.3 Å². The molecule has 2 N–H and O–H groups in total. The van der Waals surface area contributed by atoms with Crippen molar-refractivity contribution >= 4 is 0 Å². The molecule has 5 rings (SSSR count). The van der Waals surface area contributed by atoms with Crippen LogP contribution < -0.4 is 5.73 Å². The highest BCUT2D eigenvalue weighted by Crippen LogP contribution is 2.61. The van der Waals surface area contributed by atoms with Crippen LogP contribution in [0, 0.1) is 23.2 Å². The smallest absolute Gasteiger partial charge is 0.105 e. The third-order valence-corrected chi connectivity index (χ3v) is 6.36. The summed E-state index contributed by atoms with van der Waals surface area (Å²) in [5.41, 5.74) is 7.13. The molecule has 2 nitrogen and oxygen atoms in total. The van der Waals surface area contributed by atoms with E-state index in [1.165, 1.54) is 38.5 Å². The van der Waals surface area contributed by atoms with Crippen molar-refractivity contribution < 1.29 is 4.42 Å². The van der Waals surface area contributed by atoms with E-state index >= 15 is 0 Å². The molecule has 110 valence electrons. The van der Waals surface area contributed by atoms with Crippen LogP contribution in [0.2, 0.25) is 0 Å². The van der Waals surface area contributed by atoms with E-state index in [4.69, 9.17) is 10.2 Å². The molecule has 0 saturated heterocycles. The van der Waals surface area contributed by atoms with Crippen LogP contribution in [-0.2, 0) is 12.8 Å². The maximum Gasteiger partial charge on any atom is 0.105 e. The van der Waals surface area contributed by atoms with E-state index in [1.807, 2.05) is 0 Å². The lowest BCUT2D eigenvalue weighted by Crippen LogP contribution is -2.55. The van der Waals surface area contributed by atoms with Crippen molar-refractivity contribution in [2.75, 3.05) is 0 Å². The van der Waals surface area contributed by atoms with E-state index in [0.29, 0.717) is 11.5 Å². The molecule has 2 heteroatoms. The summed E-state index contributed by atoms with van der Waals surface area (Å²) in [6.45, 7) is 2.14. The molecule has 4 aliphatic carbocycles. The van der Waals surface area contributed by atoms with E-state index in [9.17, 15) is 0 Å². The molecule has 4 bridgehead atoms. The predicted molar refractivity (Wildman–Crippen MR) is 80.4 cm³/mol. The molecule has 1 aromatic rings. The van der Waals surface area contributed by atoms with Crippen molar-refractivity contribution in [3.63, 3.8) is 0 Å². The first kappa shape index (κ1) is 12.9. The number of hydrogen-bond acceptors (Lipinski definition) is 2. The highest BCUT2D eigenvalue weighted by atomic mass is 16.3. The average Bonchev–Trinajstić information content (AvgIpc) is 2.85. The fraction of sp³-hybridized carbons (Fsp3) is 0.778. The van der Waals surface area contributed by atoms with E-state index in [2.05, 4.69) is 19.1 Å². The molecule has 1 aromatic heterocycles. The minimum absolute atomic E-state index is 0.298. The zero-order valence-electron chi connectivity index (χ0n) is 12.6. The van der Waals surface area contributed by atoms with Gasteiger partial charge in [-0.3, -0.25) is 0 Å². The lowest BCUT2D eigenvalue weighted by molar-refractivity contribution is -0.0674. The minimum Gasteiger partial charge on any atom is -0.466 e. The van der Waals surface area contributed by atoms with Gasteiger partial charge in [-0.2, -0.15) is 0 Å². The van der Waals surface area contributed by atoms with Gasteiger partial charge in [0.1, 0.15) is 11.5 Å². The average molecular weight is 273 g/mol. The molecule has 4 fully saturated rings. The molecule has 0 amide bonds. The predicted octanol–water partition coefficient (Wildman–Crippen LogP) is 3.93. The second-order valence-corrected chi connectivity index (χ2v) is 7.81. The summed E-state index contributed by atoms with van der Waals surface area (Å²) in [4.78, 5) is 0. The largest absolute Gasteiger partial charge is 0.466 e. The molecule has 1 unspecified atom stereocenters. The van der Waals surface area contributed by atoms with Gasteiger partial charge < -0.3 is 10.2 Å². The molecule has 4 saturated carbocycles. The first-order chi connectivity index (χ1) is 9.67. The van der Waals surface area contributed by atoms with Crippen LogP contribution in [0.5, 0.6) is 0 Å². The number of rotatable bonds is 4. The van der Waals surface area contributed by atoms with E-state index in [1.54, 1.807) is 0 Å². The Morgan fingerprint density at radius 2 is 1.65 bits per heavy atom. The molecule has 0 spiro atoms. The Morgan fingerprint density at radius 3 is 2.15 bits per heavy atom. The second-order valence-electron chi connectivity index (χ2n) is 7.81. The standard InChI is InChI=1S/C18H27NO/c1-2-15-3-4-16(20-15)8-17(19)18-9-12-5-13(10-18)7-14(6-12)11-18/h3-4,12-14,17H,2,5-11,19H2,1H3. The molecule has 0 aliphatic heterocycles. The highest BCUT2D eigenvalue weighted by molar-refractivity contribution is 5.12. The first-order valence-electron chi connectivity index (χ1n) is 8.50. The quantitative estimate of drug-likeness (QED) is 0.903. The van der Waals surface area contributed by atoms with Gasteiger partial charge in [0.25, 0.3) is 0 Å². The SMILES string of the molecule is CCc1ccc(CC(N)C23CC4CC(CC(C4)C2)C3)o1. The third-order valence-electron chi connectivity index (χ3n) is 6.36. The van der Waals surface area contributed by atoms with Crippen LogP contribution >= 0.6 is 0 Å². The van der Waals surface area contributed by atoms with Gasteiger partial charge in [-0.05, 0) is 73.8 Å². The van der Waals surface area contributed by atoms with Crippen LogP contribution in [0.25, 0.3) is 0 Å². The monoisotopic (exact) mass is 273 g/mol. The van der Waals surface area contributed by atoms with Gasteiger partial charge in [0.15, 0.2) is 0 Å². The van der Waals surface area contributed by atoms with E-state index in [-0.39, 0.29) is 0 Å². The lowest BCUT2D eigenvalue weighted by Gasteiger charge is -2.59. The molecular weight excluding hydrogens is 246 g/mol. The van der Waals surface area contributed by atoms with Gasteiger partial charge in [0.2, 0.25) is 0 Å². The zero-order chi connectivity index (χ0) is 13.7. The molecule has 20 heavy (non-hydrogen) atoms. The van der Waals surface area contributed by atoms with Gasteiger partial charge in [-0.25, -0.2) is 0 Å². The first-order valence-corrected chi connectivity index (χ1v) is 8.50. The fourth-order valence-electron chi connectivity index (χ4n) is 5.79. The fourth-order valence-corrected chi connectivity index (χ4v) is 5.79. The highest BCUT2D eigenvalue weighted by Gasteiger charge is 2.53. The van der Waals surface area contributed by atoms with Crippen LogP contribution in [0.4, 0.5) is 0 Å². The van der Waals surface area contributed by atoms with Gasteiger partial charge in [-0.1, -0.05) is 6.92 Å². The van der Waals surface area contributed by atoms with E-state index in [0.717, 1.165) is 42.1 Å². The Hall–Kier alpha value is -0.760. The van der Waals surface area contributed by atoms with E-state index < -0.39 is 0 Å². The van der Waals surface area contributed by atoms with Crippen LogP contribution in [-0.4, -0.2) is 6.04 Å². The Kier molecular flexibility index (Phi) is 2.99. The van der Waals surface area contributed by atoms with Gasteiger partial charge in [0.05, 0.1) is 0 Å². The van der Waals surface area contributed by atoms with Crippen molar-refractivity contribution in [3.8, 4) is 0 Å². The topological polar surface area (TPSA) is 39.2 Å². The Balaban J connectivity index is 1.51. The molecule has 1 heterocycles. The summed E-state index contributed by atoms with van der Waals surface area (Å²) < 4.78 is 5.89. The van der Waals surface area contributed by atoms with Crippen LogP contribution in [0.15, 0.2) is 16.5 Å². The van der Waals surface area contributed by atoms with Crippen molar-refractivity contribution in [1.82, 2.24) is 0 Å². The molecule has 0 aromatic carbocycles. The Bertz CT molecular complexity index is 454. The summed E-state index contributed by atoms with van der Waals surface area (Å²) in [5.74, 6) is 5.14. The number of nitrogens with two attached hydrogens (primary N) is 1. The Morgan fingerprint density at radius 1 is 1.10 bits per heavy atom. The molecular formula is C18H27NO. The molecule has 4 aliphatic rings. The third kappa shape index (κ3) is 2.04. The number of furan rings is 1. The molecule has 0 radical (unpaired) electrons. The maximum absolute atomic E-state index is 6.70. The van der Waals surface area contributed by atoms with Gasteiger partial charge in [-0.15, -0.1) is 0 Å². The summed E-state index contributed by atoms with van der Waals surface area (Å²) in [6.07, 6.45) is 10.6. The number of aryl methyl sites for hydroxylation is 1. The van der Waals surface area contributed by atoms with Crippen molar-refractivity contribution in [3.05, 3.63) is 23.7 Å². The summed E-state index contributed by atoms with van der Waals surface area (Å²) in [7, 11) is 0. The second kappa shape index (κ2) is 4.62. The maximum atomic E-state index is 6.70. The summed E-state index contributed by atoms with van der Waals surface area (Å²) >= 11 is 0. The van der Waals surface area contributed by atoms with Crippen LogP contribution in [0.3, 0.4) is 0 Å². The van der Waals surface area contributed by atoms with Crippen molar-refractivity contribution in [1.29, 1.82) is 0 Å².